The van der Waals surface area contributed by atoms with E-state index >= 15 is 0 Å². The lowest BCUT2D eigenvalue weighted by molar-refractivity contribution is -0.130. The molecule has 33 heavy (non-hydrogen) atoms. The van der Waals surface area contributed by atoms with Crippen LogP contribution in [0.5, 0.6) is 17.2 Å². The molecule has 0 spiro atoms. The Bertz CT molecular complexity index is 1220. The van der Waals surface area contributed by atoms with Gasteiger partial charge >= 0.3 is 0 Å². The summed E-state index contributed by atoms with van der Waals surface area (Å²) in [5.41, 5.74) is 2.50. The fraction of sp³-hybridized carbons (Fsp3) is 0.444. The summed E-state index contributed by atoms with van der Waals surface area (Å²) in [5, 5.41) is 8.34. The van der Waals surface area contributed by atoms with Crippen molar-refractivity contribution in [1.29, 1.82) is 0 Å². The van der Waals surface area contributed by atoms with Crippen molar-refractivity contribution in [1.82, 2.24) is 10.2 Å². The van der Waals surface area contributed by atoms with Crippen LogP contribution in [0.25, 0.3) is 21.5 Å². The van der Waals surface area contributed by atoms with Crippen molar-refractivity contribution in [3.05, 3.63) is 41.5 Å². The number of ether oxygens (including phenoxy) is 3. The first-order chi connectivity index (χ1) is 16.1. The summed E-state index contributed by atoms with van der Waals surface area (Å²) < 4.78 is 16.9. The lowest BCUT2D eigenvalue weighted by Crippen LogP contribution is -2.46. The molecule has 0 aromatic heterocycles. The second kappa shape index (κ2) is 8.75. The molecule has 1 saturated heterocycles. The predicted octanol–water partition coefficient (Wildman–Crippen LogP) is 4.95. The number of methoxy groups -OCH3 is 3. The molecule has 1 N–H and O–H groups in total. The van der Waals surface area contributed by atoms with Gasteiger partial charge < -0.3 is 24.4 Å². The van der Waals surface area contributed by atoms with Gasteiger partial charge in [-0.2, -0.15) is 0 Å². The van der Waals surface area contributed by atoms with E-state index in [0.29, 0.717) is 24.5 Å². The van der Waals surface area contributed by atoms with Crippen LogP contribution in [0.2, 0.25) is 0 Å². The maximum absolute atomic E-state index is 12.8. The first kappa shape index (κ1) is 21.8. The normalized spacial score (nSPS) is 19.6. The second-order valence-corrected chi connectivity index (χ2v) is 8.97. The standard InChI is InChI=1S/C27H32N2O4/c1-5-6-11-28-27-22-9-10-25(30)29(22)15-21-20-14-24(33-4)23(32-3)13-19(20)18-12-16(31-2)7-8-17(18)26(21)27/h7-8,12-14,22,27-28H,5-6,9-11,15H2,1-4H3/t22-,27-/m0/s1. The highest BCUT2D eigenvalue weighted by Gasteiger charge is 2.43. The van der Waals surface area contributed by atoms with Crippen molar-refractivity contribution in [2.45, 2.75) is 51.2 Å². The van der Waals surface area contributed by atoms with E-state index in [1.54, 1.807) is 21.3 Å². The van der Waals surface area contributed by atoms with Crippen molar-refractivity contribution in [2.24, 2.45) is 0 Å². The van der Waals surface area contributed by atoms with Crippen molar-refractivity contribution >= 4 is 27.5 Å². The number of amides is 1. The highest BCUT2D eigenvalue weighted by atomic mass is 16.5. The van der Waals surface area contributed by atoms with Gasteiger partial charge in [-0.15, -0.1) is 0 Å². The zero-order valence-corrected chi connectivity index (χ0v) is 19.9. The number of benzene rings is 3. The summed E-state index contributed by atoms with van der Waals surface area (Å²) in [4.78, 5) is 14.9. The summed E-state index contributed by atoms with van der Waals surface area (Å²) in [6, 6.07) is 10.7. The molecule has 2 heterocycles. The Morgan fingerprint density at radius 2 is 1.70 bits per heavy atom. The molecule has 0 radical (unpaired) electrons. The van der Waals surface area contributed by atoms with Gasteiger partial charge in [0.05, 0.1) is 33.4 Å². The third-order valence-corrected chi connectivity index (χ3v) is 7.27. The van der Waals surface area contributed by atoms with Crippen LogP contribution in [0.3, 0.4) is 0 Å². The molecule has 6 heteroatoms. The number of fused-ring (bicyclic) bond motifs is 7. The van der Waals surface area contributed by atoms with Gasteiger partial charge in [0, 0.05) is 13.0 Å². The van der Waals surface area contributed by atoms with Crippen LogP contribution in [-0.4, -0.2) is 44.7 Å². The molecule has 1 amide bonds. The van der Waals surface area contributed by atoms with E-state index < -0.39 is 0 Å². The minimum absolute atomic E-state index is 0.0974. The van der Waals surface area contributed by atoms with E-state index in [-0.39, 0.29) is 18.0 Å². The number of nitrogens with one attached hydrogen (secondary N) is 1. The van der Waals surface area contributed by atoms with Crippen LogP contribution < -0.4 is 19.5 Å². The largest absolute Gasteiger partial charge is 0.497 e. The molecule has 5 rings (SSSR count). The third kappa shape index (κ3) is 3.48. The molecular formula is C27H32N2O4. The molecular weight excluding hydrogens is 416 g/mol. The number of hydrogen-bond donors (Lipinski definition) is 1. The molecule has 3 aromatic carbocycles. The molecule has 2 aliphatic heterocycles. The summed E-state index contributed by atoms with van der Waals surface area (Å²) in [6.45, 7) is 3.76. The zero-order valence-electron chi connectivity index (χ0n) is 19.9. The number of unbranched alkanes of at least 4 members (excludes halogenated alkanes) is 1. The first-order valence-corrected chi connectivity index (χ1v) is 11.8. The quantitative estimate of drug-likeness (QED) is 0.409. The fourth-order valence-electron chi connectivity index (χ4n) is 5.64. The maximum Gasteiger partial charge on any atom is 0.223 e. The van der Waals surface area contributed by atoms with Crippen LogP contribution in [0.15, 0.2) is 30.3 Å². The molecule has 0 aliphatic carbocycles. The minimum Gasteiger partial charge on any atom is -0.497 e. The van der Waals surface area contributed by atoms with Crippen LogP contribution in [0, 0.1) is 0 Å². The van der Waals surface area contributed by atoms with Gasteiger partial charge in [0.2, 0.25) is 5.91 Å². The Balaban J connectivity index is 1.84. The van der Waals surface area contributed by atoms with E-state index in [1.807, 2.05) is 12.1 Å². The highest BCUT2D eigenvalue weighted by molar-refractivity contribution is 6.12. The fourth-order valence-corrected chi connectivity index (χ4v) is 5.64. The maximum atomic E-state index is 12.8. The lowest BCUT2D eigenvalue weighted by atomic mass is 9.82. The van der Waals surface area contributed by atoms with Gasteiger partial charge in [-0.3, -0.25) is 4.79 Å². The summed E-state index contributed by atoms with van der Waals surface area (Å²) >= 11 is 0. The van der Waals surface area contributed by atoms with Crippen molar-refractivity contribution in [3.8, 4) is 17.2 Å². The number of rotatable bonds is 7. The van der Waals surface area contributed by atoms with Gasteiger partial charge in [-0.25, -0.2) is 0 Å². The third-order valence-electron chi connectivity index (χ3n) is 7.27. The van der Waals surface area contributed by atoms with Gasteiger partial charge in [0.25, 0.3) is 0 Å². The van der Waals surface area contributed by atoms with Crippen molar-refractivity contribution in [3.63, 3.8) is 0 Å². The molecule has 0 saturated carbocycles. The van der Waals surface area contributed by atoms with Crippen LogP contribution in [-0.2, 0) is 11.3 Å². The topological polar surface area (TPSA) is 60.0 Å². The first-order valence-electron chi connectivity index (χ1n) is 11.8. The molecule has 6 nitrogen and oxygen atoms in total. The van der Waals surface area contributed by atoms with E-state index in [9.17, 15) is 4.79 Å². The average Bonchev–Trinajstić information content (AvgIpc) is 3.22. The Morgan fingerprint density at radius 3 is 2.39 bits per heavy atom. The van der Waals surface area contributed by atoms with Gasteiger partial charge in [-0.1, -0.05) is 19.4 Å². The van der Waals surface area contributed by atoms with E-state index in [2.05, 4.69) is 35.3 Å². The van der Waals surface area contributed by atoms with Crippen LogP contribution in [0.4, 0.5) is 0 Å². The SMILES string of the molecule is CCCCN[C@@H]1c2c(c3cc(OC)c(OC)cc3c3cc(OC)ccc23)CN2C(=O)CC[C@@H]12. The number of nitrogens with zero attached hydrogens (tertiary/aromatic N) is 1. The van der Waals surface area contributed by atoms with Gasteiger partial charge in [0.1, 0.15) is 5.75 Å². The number of carbonyl (C=O) groups excluding carboxylic acids is 1. The molecule has 2 aliphatic rings. The molecule has 3 aromatic rings. The summed E-state index contributed by atoms with van der Waals surface area (Å²) in [6.07, 6.45) is 3.75. The molecule has 174 valence electrons. The van der Waals surface area contributed by atoms with E-state index in [0.717, 1.165) is 47.7 Å². The minimum atomic E-state index is 0.0974. The summed E-state index contributed by atoms with van der Waals surface area (Å²) in [7, 11) is 5.02. The Kier molecular flexibility index (Phi) is 5.79. The van der Waals surface area contributed by atoms with E-state index in [4.69, 9.17) is 14.2 Å². The van der Waals surface area contributed by atoms with Crippen LogP contribution in [0.1, 0.15) is 49.8 Å². The molecule has 2 atom stereocenters. The van der Waals surface area contributed by atoms with Crippen molar-refractivity contribution in [2.75, 3.05) is 27.9 Å². The molecule has 0 unspecified atom stereocenters. The predicted molar refractivity (Wildman–Crippen MR) is 130 cm³/mol. The zero-order chi connectivity index (χ0) is 23.1. The Hall–Kier alpha value is -2.99. The van der Waals surface area contributed by atoms with Crippen LogP contribution >= 0.6 is 0 Å². The van der Waals surface area contributed by atoms with Gasteiger partial charge in [0.15, 0.2) is 11.5 Å². The number of carbonyl (C=O) groups is 1. The summed E-state index contributed by atoms with van der Waals surface area (Å²) in [5.74, 6) is 2.45. The smallest absolute Gasteiger partial charge is 0.223 e. The van der Waals surface area contributed by atoms with Crippen molar-refractivity contribution < 1.29 is 19.0 Å². The average molecular weight is 449 g/mol. The second-order valence-electron chi connectivity index (χ2n) is 8.97. The Morgan fingerprint density at radius 1 is 0.970 bits per heavy atom. The van der Waals surface area contributed by atoms with E-state index in [1.165, 1.54) is 16.5 Å². The number of hydrogen-bond acceptors (Lipinski definition) is 5. The monoisotopic (exact) mass is 448 g/mol. The molecule has 0 bridgehead atoms. The lowest BCUT2D eigenvalue weighted by Gasteiger charge is -2.40. The Labute approximate surface area is 194 Å². The molecule has 1 fully saturated rings. The highest BCUT2D eigenvalue weighted by Crippen LogP contribution is 2.47. The van der Waals surface area contributed by atoms with Gasteiger partial charge in [-0.05, 0) is 76.3 Å².